The zero-order valence-corrected chi connectivity index (χ0v) is 16.9. The molecule has 1 aliphatic carbocycles. The largest absolute Gasteiger partial charge is 0.274 e. The van der Waals surface area contributed by atoms with E-state index in [1.54, 1.807) is 23.0 Å². The van der Waals surface area contributed by atoms with Crippen LogP contribution in [-0.2, 0) is 16.1 Å². The third-order valence-corrected chi connectivity index (χ3v) is 6.25. The molecule has 4 rings (SSSR count). The molecule has 0 N–H and O–H groups in total. The number of benzene rings is 1. The van der Waals surface area contributed by atoms with Crippen LogP contribution in [0.25, 0.3) is 0 Å². The number of hydrogen-bond acceptors (Lipinski definition) is 3. The summed E-state index contributed by atoms with van der Waals surface area (Å²) in [4.78, 5) is 26.8. The number of fused-ring (bicyclic) bond motifs is 1. The fraction of sp³-hybridized carbons (Fsp3) is 0.389. The Balaban J connectivity index is 1.62. The summed E-state index contributed by atoms with van der Waals surface area (Å²) >= 11 is 15.6. The molecule has 1 saturated carbocycles. The van der Waals surface area contributed by atoms with Gasteiger partial charge in [0.05, 0.1) is 22.9 Å². The number of carbonyl (C=O) groups is 2. The van der Waals surface area contributed by atoms with Crippen LogP contribution in [-0.4, -0.2) is 21.6 Å². The number of imide groups is 1. The molecule has 2 amide bonds. The van der Waals surface area contributed by atoms with Gasteiger partial charge in [-0.3, -0.25) is 14.3 Å². The van der Waals surface area contributed by atoms with Crippen LogP contribution < -0.4 is 4.90 Å². The quantitative estimate of drug-likeness (QED) is 0.630. The summed E-state index contributed by atoms with van der Waals surface area (Å²) in [5.41, 5.74) is 0.852. The number of aromatic nitrogens is 2. The molecule has 1 aromatic heterocycles. The number of hydrogen-bond donors (Lipinski definition) is 0. The number of rotatable bonds is 3. The molecule has 5 nitrogen and oxygen atoms in total. The van der Waals surface area contributed by atoms with Crippen molar-refractivity contribution in [1.29, 1.82) is 0 Å². The van der Waals surface area contributed by atoms with Crippen molar-refractivity contribution in [3.05, 3.63) is 44.5 Å². The number of carbonyl (C=O) groups excluding carboxylic acids is 2. The van der Waals surface area contributed by atoms with E-state index in [9.17, 15) is 9.59 Å². The molecule has 2 aliphatic rings. The Kier molecular flexibility index (Phi) is 4.84. The van der Waals surface area contributed by atoms with Crippen molar-refractivity contribution in [1.82, 2.24) is 9.78 Å². The van der Waals surface area contributed by atoms with Gasteiger partial charge < -0.3 is 0 Å². The van der Waals surface area contributed by atoms with Crippen LogP contribution in [0.3, 0.4) is 0 Å². The monoisotopic (exact) mass is 455 g/mol. The van der Waals surface area contributed by atoms with E-state index >= 15 is 0 Å². The average molecular weight is 457 g/mol. The highest BCUT2D eigenvalue weighted by Crippen LogP contribution is 2.41. The summed E-state index contributed by atoms with van der Waals surface area (Å²) < 4.78 is 2.28. The van der Waals surface area contributed by atoms with E-state index in [4.69, 9.17) is 23.2 Å². The fourth-order valence-corrected chi connectivity index (χ4v) is 4.78. The normalized spacial score (nSPS) is 22.8. The van der Waals surface area contributed by atoms with E-state index in [0.717, 1.165) is 31.2 Å². The lowest BCUT2D eigenvalue weighted by Gasteiger charge is -2.19. The van der Waals surface area contributed by atoms with Crippen LogP contribution in [0.2, 0.25) is 10.0 Å². The van der Waals surface area contributed by atoms with Crippen molar-refractivity contribution in [2.45, 2.75) is 32.2 Å². The summed E-state index contributed by atoms with van der Waals surface area (Å²) in [5, 5.41) is 5.58. The SMILES string of the molecule is O=C1C2CCCCC2C(=O)N1c1nn(Cc2ccc(Cl)cc2Cl)cc1Br. The summed E-state index contributed by atoms with van der Waals surface area (Å²) in [7, 11) is 0. The van der Waals surface area contributed by atoms with Crippen molar-refractivity contribution >= 4 is 56.8 Å². The molecule has 8 heteroatoms. The van der Waals surface area contributed by atoms with Gasteiger partial charge in [0.1, 0.15) is 0 Å². The molecule has 1 aliphatic heterocycles. The van der Waals surface area contributed by atoms with Gasteiger partial charge in [0, 0.05) is 16.2 Å². The van der Waals surface area contributed by atoms with E-state index in [1.165, 1.54) is 4.90 Å². The molecule has 1 aromatic carbocycles. The van der Waals surface area contributed by atoms with Crippen molar-refractivity contribution < 1.29 is 9.59 Å². The van der Waals surface area contributed by atoms with Crippen LogP contribution >= 0.6 is 39.1 Å². The van der Waals surface area contributed by atoms with Gasteiger partial charge in [-0.25, -0.2) is 4.90 Å². The van der Waals surface area contributed by atoms with Crippen LogP contribution in [0.1, 0.15) is 31.2 Å². The van der Waals surface area contributed by atoms with E-state index in [-0.39, 0.29) is 23.7 Å². The minimum atomic E-state index is -0.195. The van der Waals surface area contributed by atoms with Crippen molar-refractivity contribution in [3.8, 4) is 0 Å². The predicted octanol–water partition coefficient (Wildman–Crippen LogP) is 4.68. The van der Waals surface area contributed by atoms with Crippen LogP contribution in [0.5, 0.6) is 0 Å². The molecule has 2 fully saturated rings. The zero-order valence-electron chi connectivity index (χ0n) is 13.8. The van der Waals surface area contributed by atoms with Gasteiger partial charge in [-0.1, -0.05) is 42.1 Å². The molecule has 2 aromatic rings. The number of amides is 2. The van der Waals surface area contributed by atoms with Crippen molar-refractivity contribution in [2.75, 3.05) is 4.90 Å². The highest BCUT2D eigenvalue weighted by molar-refractivity contribution is 9.10. The minimum Gasteiger partial charge on any atom is -0.274 e. The second kappa shape index (κ2) is 6.98. The first-order valence-corrected chi connectivity index (χ1v) is 10.1. The molecule has 2 heterocycles. The second-order valence-corrected chi connectivity index (χ2v) is 8.44. The van der Waals surface area contributed by atoms with E-state index in [1.807, 2.05) is 6.07 Å². The number of anilines is 1. The summed E-state index contributed by atoms with van der Waals surface area (Å²) in [6.07, 6.45) is 5.31. The third kappa shape index (κ3) is 3.08. The molecule has 2 unspecified atom stereocenters. The van der Waals surface area contributed by atoms with Crippen LogP contribution in [0.15, 0.2) is 28.9 Å². The van der Waals surface area contributed by atoms with Gasteiger partial charge in [-0.2, -0.15) is 5.10 Å². The molecule has 0 radical (unpaired) electrons. The Labute approximate surface area is 169 Å². The number of halogens is 3. The average Bonchev–Trinajstić information content (AvgIpc) is 3.08. The molecule has 0 spiro atoms. The van der Waals surface area contributed by atoms with Gasteiger partial charge in [0.15, 0.2) is 5.82 Å². The lowest BCUT2D eigenvalue weighted by Crippen LogP contribution is -2.31. The molecule has 0 bridgehead atoms. The Morgan fingerprint density at radius 3 is 2.38 bits per heavy atom. The molecule has 2 atom stereocenters. The Morgan fingerprint density at radius 1 is 1.12 bits per heavy atom. The van der Waals surface area contributed by atoms with Crippen LogP contribution in [0.4, 0.5) is 5.82 Å². The van der Waals surface area contributed by atoms with E-state index in [2.05, 4.69) is 21.0 Å². The minimum absolute atomic E-state index is 0.129. The first-order chi connectivity index (χ1) is 12.5. The first-order valence-electron chi connectivity index (χ1n) is 8.50. The molecular formula is C18H16BrCl2N3O2. The molecule has 26 heavy (non-hydrogen) atoms. The maximum Gasteiger partial charge on any atom is 0.238 e. The topological polar surface area (TPSA) is 55.2 Å². The fourth-order valence-electron chi connectivity index (χ4n) is 3.81. The van der Waals surface area contributed by atoms with Crippen molar-refractivity contribution in [3.63, 3.8) is 0 Å². The maximum atomic E-state index is 12.8. The van der Waals surface area contributed by atoms with Crippen molar-refractivity contribution in [2.24, 2.45) is 11.8 Å². The Bertz CT molecular complexity index is 875. The standard InChI is InChI=1S/C18H16BrCl2N3O2/c19-14-9-23(8-10-5-6-11(20)7-15(10)21)22-16(14)24-17(25)12-3-1-2-4-13(12)18(24)26/h5-7,9,12-13H,1-4,8H2. The summed E-state index contributed by atoms with van der Waals surface area (Å²) in [5.74, 6) is -0.289. The van der Waals surface area contributed by atoms with Gasteiger partial charge in [-0.15, -0.1) is 0 Å². The lowest BCUT2D eigenvalue weighted by atomic mass is 9.81. The Hall–Kier alpha value is -1.37. The predicted molar refractivity (Wildman–Crippen MR) is 103 cm³/mol. The molecule has 1 saturated heterocycles. The van der Waals surface area contributed by atoms with Gasteiger partial charge in [0.2, 0.25) is 11.8 Å². The molecule has 136 valence electrons. The lowest BCUT2D eigenvalue weighted by molar-refractivity contribution is -0.122. The maximum absolute atomic E-state index is 12.8. The molecular weight excluding hydrogens is 441 g/mol. The zero-order chi connectivity index (χ0) is 18.4. The van der Waals surface area contributed by atoms with Gasteiger partial charge in [-0.05, 0) is 46.5 Å². The summed E-state index contributed by atoms with van der Waals surface area (Å²) in [6, 6.07) is 5.27. The van der Waals surface area contributed by atoms with E-state index in [0.29, 0.717) is 26.9 Å². The number of nitrogens with zero attached hydrogens (tertiary/aromatic N) is 3. The highest BCUT2D eigenvalue weighted by atomic mass is 79.9. The third-order valence-electron chi connectivity index (χ3n) is 5.10. The van der Waals surface area contributed by atoms with Crippen LogP contribution in [0, 0.1) is 11.8 Å². The van der Waals surface area contributed by atoms with Gasteiger partial charge >= 0.3 is 0 Å². The highest BCUT2D eigenvalue weighted by Gasteiger charge is 2.50. The smallest absolute Gasteiger partial charge is 0.238 e. The van der Waals surface area contributed by atoms with Gasteiger partial charge in [0.25, 0.3) is 0 Å². The second-order valence-electron chi connectivity index (χ2n) is 6.74. The Morgan fingerprint density at radius 2 is 1.77 bits per heavy atom. The summed E-state index contributed by atoms with van der Waals surface area (Å²) in [6.45, 7) is 0.414. The van der Waals surface area contributed by atoms with E-state index < -0.39 is 0 Å². The first kappa shape index (κ1) is 18.0.